The van der Waals surface area contributed by atoms with Gasteiger partial charge < -0.3 is 9.84 Å². The third-order valence-electron chi connectivity index (χ3n) is 3.03. The van der Waals surface area contributed by atoms with Gasteiger partial charge in [-0.05, 0) is 32.1 Å². The maximum atomic E-state index is 9.88. The Morgan fingerprint density at radius 3 is 2.79 bits per heavy atom. The second kappa shape index (κ2) is 4.45. The molecule has 1 fully saturated rings. The minimum Gasteiger partial charge on any atom is -0.390 e. The van der Waals surface area contributed by atoms with E-state index in [2.05, 4.69) is 13.5 Å². The molecule has 0 radical (unpaired) electrons. The first kappa shape index (κ1) is 11.7. The lowest BCUT2D eigenvalue weighted by atomic mass is 9.96. The summed E-state index contributed by atoms with van der Waals surface area (Å²) in [5.74, 6) is 0.270. The molecule has 1 rings (SSSR count). The van der Waals surface area contributed by atoms with Gasteiger partial charge in [0.25, 0.3) is 0 Å². The van der Waals surface area contributed by atoms with Crippen LogP contribution >= 0.6 is 0 Å². The van der Waals surface area contributed by atoms with Crippen LogP contribution in [0.4, 0.5) is 0 Å². The number of aliphatic hydroxyl groups is 1. The van der Waals surface area contributed by atoms with Crippen LogP contribution in [0.5, 0.6) is 0 Å². The number of ether oxygens (including phenoxy) is 1. The van der Waals surface area contributed by atoms with E-state index in [0.29, 0.717) is 0 Å². The SMILES string of the molecule is C=CC[C@@]1(C)CC[C@@H]([C@H](O)C(C)C)O1. The van der Waals surface area contributed by atoms with E-state index in [0.717, 1.165) is 19.3 Å². The van der Waals surface area contributed by atoms with Crippen LogP contribution in [0, 0.1) is 5.92 Å². The molecule has 2 heteroatoms. The molecule has 82 valence electrons. The quantitative estimate of drug-likeness (QED) is 0.703. The molecule has 1 aliphatic rings. The van der Waals surface area contributed by atoms with Crippen LogP contribution in [0.2, 0.25) is 0 Å². The second-order valence-corrected chi connectivity index (χ2v) is 4.87. The summed E-state index contributed by atoms with van der Waals surface area (Å²) in [4.78, 5) is 0. The highest BCUT2D eigenvalue weighted by molar-refractivity contribution is 4.92. The summed E-state index contributed by atoms with van der Waals surface area (Å²) in [7, 11) is 0. The Hall–Kier alpha value is -0.340. The minimum atomic E-state index is -0.332. The molecule has 14 heavy (non-hydrogen) atoms. The van der Waals surface area contributed by atoms with E-state index in [4.69, 9.17) is 4.74 Å². The van der Waals surface area contributed by atoms with Gasteiger partial charge in [0.1, 0.15) is 0 Å². The van der Waals surface area contributed by atoms with Crippen LogP contribution in [-0.2, 0) is 4.74 Å². The molecule has 0 aromatic carbocycles. The molecular formula is C12H22O2. The largest absolute Gasteiger partial charge is 0.390 e. The van der Waals surface area contributed by atoms with E-state index in [1.807, 2.05) is 19.9 Å². The maximum Gasteiger partial charge on any atom is 0.0845 e. The van der Waals surface area contributed by atoms with E-state index >= 15 is 0 Å². The Bertz CT molecular complexity index is 200. The zero-order valence-corrected chi connectivity index (χ0v) is 9.49. The van der Waals surface area contributed by atoms with Gasteiger partial charge in [-0.25, -0.2) is 0 Å². The van der Waals surface area contributed by atoms with Crippen LogP contribution in [-0.4, -0.2) is 22.9 Å². The fourth-order valence-corrected chi connectivity index (χ4v) is 2.06. The molecule has 1 aliphatic heterocycles. The van der Waals surface area contributed by atoms with Crippen molar-refractivity contribution in [1.82, 2.24) is 0 Å². The molecule has 0 bridgehead atoms. The Morgan fingerprint density at radius 1 is 1.64 bits per heavy atom. The van der Waals surface area contributed by atoms with Crippen molar-refractivity contribution in [3.63, 3.8) is 0 Å². The molecule has 0 aromatic rings. The molecular weight excluding hydrogens is 176 g/mol. The molecule has 2 nitrogen and oxygen atoms in total. The lowest BCUT2D eigenvalue weighted by Crippen LogP contribution is -2.33. The zero-order chi connectivity index (χ0) is 10.8. The zero-order valence-electron chi connectivity index (χ0n) is 9.49. The van der Waals surface area contributed by atoms with E-state index < -0.39 is 0 Å². The molecule has 1 heterocycles. The first-order valence-corrected chi connectivity index (χ1v) is 5.45. The molecule has 1 saturated heterocycles. The number of rotatable bonds is 4. The van der Waals surface area contributed by atoms with Crippen molar-refractivity contribution in [2.45, 2.75) is 57.8 Å². The highest BCUT2D eigenvalue weighted by Gasteiger charge is 2.38. The summed E-state index contributed by atoms with van der Waals surface area (Å²) in [5, 5.41) is 9.88. The van der Waals surface area contributed by atoms with Crippen molar-refractivity contribution in [3.8, 4) is 0 Å². The van der Waals surface area contributed by atoms with Gasteiger partial charge in [-0.3, -0.25) is 0 Å². The average molecular weight is 198 g/mol. The van der Waals surface area contributed by atoms with Gasteiger partial charge in [0.2, 0.25) is 0 Å². The maximum absolute atomic E-state index is 9.88. The van der Waals surface area contributed by atoms with Crippen molar-refractivity contribution in [1.29, 1.82) is 0 Å². The molecule has 0 unspecified atom stereocenters. The predicted octanol–water partition coefficient (Wildman–Crippen LogP) is 2.52. The fourth-order valence-electron chi connectivity index (χ4n) is 2.06. The summed E-state index contributed by atoms with van der Waals surface area (Å²) >= 11 is 0. The first-order chi connectivity index (χ1) is 6.48. The summed E-state index contributed by atoms with van der Waals surface area (Å²) in [6.45, 7) is 9.88. The fraction of sp³-hybridized carbons (Fsp3) is 0.833. The van der Waals surface area contributed by atoms with Gasteiger partial charge in [0.15, 0.2) is 0 Å². The standard InChI is InChI=1S/C12H22O2/c1-5-7-12(4)8-6-10(14-12)11(13)9(2)3/h5,9-11,13H,1,6-8H2,2-4H3/t10-,11+,12-/m0/s1. The average Bonchev–Trinajstić information content (AvgIpc) is 2.47. The third-order valence-corrected chi connectivity index (χ3v) is 3.03. The Kier molecular flexibility index (Phi) is 3.73. The summed E-state index contributed by atoms with van der Waals surface area (Å²) in [5.41, 5.74) is -0.0950. The van der Waals surface area contributed by atoms with Crippen molar-refractivity contribution < 1.29 is 9.84 Å². The van der Waals surface area contributed by atoms with Crippen molar-refractivity contribution >= 4 is 0 Å². The number of hydrogen-bond donors (Lipinski definition) is 1. The summed E-state index contributed by atoms with van der Waals surface area (Å²) in [6, 6.07) is 0. The van der Waals surface area contributed by atoms with Gasteiger partial charge in [-0.2, -0.15) is 0 Å². The predicted molar refractivity (Wildman–Crippen MR) is 58.2 cm³/mol. The number of hydrogen-bond acceptors (Lipinski definition) is 2. The Labute approximate surface area is 87.0 Å². The first-order valence-electron chi connectivity index (χ1n) is 5.45. The number of aliphatic hydroxyl groups excluding tert-OH is 1. The smallest absolute Gasteiger partial charge is 0.0845 e. The molecule has 3 atom stereocenters. The van der Waals surface area contributed by atoms with Crippen LogP contribution < -0.4 is 0 Å². The third kappa shape index (κ3) is 2.58. The lowest BCUT2D eigenvalue weighted by molar-refractivity contribution is -0.0896. The van der Waals surface area contributed by atoms with E-state index in [1.165, 1.54) is 0 Å². The van der Waals surface area contributed by atoms with Crippen LogP contribution in [0.1, 0.15) is 40.0 Å². The minimum absolute atomic E-state index is 0.0138. The topological polar surface area (TPSA) is 29.5 Å². The molecule has 0 aliphatic carbocycles. The Morgan fingerprint density at radius 2 is 2.29 bits per heavy atom. The molecule has 0 saturated carbocycles. The van der Waals surface area contributed by atoms with Gasteiger partial charge in [-0.15, -0.1) is 6.58 Å². The van der Waals surface area contributed by atoms with Gasteiger partial charge >= 0.3 is 0 Å². The van der Waals surface area contributed by atoms with E-state index in [9.17, 15) is 5.11 Å². The Balaban J connectivity index is 2.51. The van der Waals surface area contributed by atoms with Crippen LogP contribution in [0.3, 0.4) is 0 Å². The lowest BCUT2D eigenvalue weighted by Gasteiger charge is -2.27. The molecule has 0 spiro atoms. The molecule has 0 amide bonds. The molecule has 1 N–H and O–H groups in total. The highest BCUT2D eigenvalue weighted by Crippen LogP contribution is 2.35. The summed E-state index contributed by atoms with van der Waals surface area (Å²) in [6.07, 6.45) is 4.43. The second-order valence-electron chi connectivity index (χ2n) is 4.87. The van der Waals surface area contributed by atoms with Crippen molar-refractivity contribution in [2.75, 3.05) is 0 Å². The van der Waals surface area contributed by atoms with Crippen molar-refractivity contribution in [3.05, 3.63) is 12.7 Å². The highest BCUT2D eigenvalue weighted by atomic mass is 16.5. The van der Waals surface area contributed by atoms with E-state index in [-0.39, 0.29) is 23.7 Å². The summed E-state index contributed by atoms with van der Waals surface area (Å²) < 4.78 is 5.89. The van der Waals surface area contributed by atoms with Gasteiger partial charge in [-0.1, -0.05) is 19.9 Å². The monoisotopic (exact) mass is 198 g/mol. The van der Waals surface area contributed by atoms with Gasteiger partial charge in [0, 0.05) is 0 Å². The van der Waals surface area contributed by atoms with Gasteiger partial charge in [0.05, 0.1) is 17.8 Å². The van der Waals surface area contributed by atoms with Crippen molar-refractivity contribution in [2.24, 2.45) is 5.92 Å². The molecule has 0 aromatic heterocycles. The normalized spacial score (nSPS) is 34.8. The van der Waals surface area contributed by atoms with Crippen LogP contribution in [0.15, 0.2) is 12.7 Å². The van der Waals surface area contributed by atoms with E-state index in [1.54, 1.807) is 0 Å². The van der Waals surface area contributed by atoms with Crippen LogP contribution in [0.25, 0.3) is 0 Å².